The molecule has 5 nitrogen and oxygen atoms in total. The van der Waals surface area contributed by atoms with E-state index in [1.165, 1.54) is 6.07 Å². The molecule has 0 spiro atoms. The Bertz CT molecular complexity index is 627. The van der Waals surface area contributed by atoms with Gasteiger partial charge >= 0.3 is 0 Å². The summed E-state index contributed by atoms with van der Waals surface area (Å²) in [7, 11) is 0. The maximum Gasteiger partial charge on any atom is 0.148 e. The molecule has 0 radical (unpaired) electrons. The first-order valence-corrected chi connectivity index (χ1v) is 6.42. The molecule has 1 heterocycles. The van der Waals surface area contributed by atoms with Crippen LogP contribution in [0, 0.1) is 19.7 Å². The Morgan fingerprint density at radius 3 is 2.50 bits per heavy atom. The van der Waals surface area contributed by atoms with E-state index in [1.54, 1.807) is 19.1 Å². The molecule has 1 aromatic carbocycles. The highest BCUT2D eigenvalue weighted by molar-refractivity contribution is 5.64. The fourth-order valence-electron chi connectivity index (χ4n) is 1.79. The zero-order chi connectivity index (χ0) is 14.7. The van der Waals surface area contributed by atoms with Gasteiger partial charge < -0.3 is 10.7 Å². The minimum absolute atomic E-state index is 0.255. The highest BCUT2D eigenvalue weighted by Crippen LogP contribution is 2.24. The van der Waals surface area contributed by atoms with Crippen molar-refractivity contribution in [2.45, 2.75) is 27.2 Å². The molecule has 0 aliphatic carbocycles. The number of hydrazine groups is 1. The van der Waals surface area contributed by atoms with Gasteiger partial charge in [0.2, 0.25) is 0 Å². The van der Waals surface area contributed by atoms with Crippen LogP contribution in [-0.4, -0.2) is 9.97 Å². The van der Waals surface area contributed by atoms with Gasteiger partial charge in [-0.2, -0.15) is 0 Å². The van der Waals surface area contributed by atoms with E-state index in [-0.39, 0.29) is 5.82 Å². The van der Waals surface area contributed by atoms with Crippen molar-refractivity contribution < 1.29 is 4.39 Å². The second-order valence-corrected chi connectivity index (χ2v) is 4.55. The van der Waals surface area contributed by atoms with E-state index in [2.05, 4.69) is 20.7 Å². The van der Waals surface area contributed by atoms with Crippen LogP contribution in [0.5, 0.6) is 0 Å². The Morgan fingerprint density at radius 2 is 1.90 bits per heavy atom. The van der Waals surface area contributed by atoms with Gasteiger partial charge in [-0.1, -0.05) is 13.0 Å². The lowest BCUT2D eigenvalue weighted by molar-refractivity contribution is 0.619. The number of halogens is 1. The summed E-state index contributed by atoms with van der Waals surface area (Å²) < 4.78 is 13.6. The second kappa shape index (κ2) is 5.83. The molecular formula is C14H18FN5. The zero-order valence-electron chi connectivity index (χ0n) is 11.8. The monoisotopic (exact) mass is 275 g/mol. The normalized spacial score (nSPS) is 10.4. The molecule has 2 rings (SSSR count). The Kier molecular flexibility index (Phi) is 4.14. The summed E-state index contributed by atoms with van der Waals surface area (Å²) in [6.07, 6.45) is 0.686. The highest BCUT2D eigenvalue weighted by atomic mass is 19.1. The van der Waals surface area contributed by atoms with E-state index in [0.29, 0.717) is 35.1 Å². The molecule has 0 atom stereocenters. The molecule has 0 amide bonds. The lowest BCUT2D eigenvalue weighted by atomic mass is 10.2. The van der Waals surface area contributed by atoms with Gasteiger partial charge in [-0.3, -0.25) is 0 Å². The molecule has 0 fully saturated rings. The van der Waals surface area contributed by atoms with Crippen molar-refractivity contribution in [3.8, 4) is 0 Å². The van der Waals surface area contributed by atoms with Gasteiger partial charge in [0.25, 0.3) is 0 Å². The number of rotatable bonds is 4. The summed E-state index contributed by atoms with van der Waals surface area (Å²) in [6, 6.07) is 4.97. The third kappa shape index (κ3) is 2.85. The smallest absolute Gasteiger partial charge is 0.148 e. The average molecular weight is 275 g/mol. The van der Waals surface area contributed by atoms with Gasteiger partial charge in [-0.25, -0.2) is 20.2 Å². The molecule has 0 bridgehead atoms. The molecule has 4 N–H and O–H groups in total. The van der Waals surface area contributed by atoms with Crippen molar-refractivity contribution in [3.05, 3.63) is 41.0 Å². The second-order valence-electron chi connectivity index (χ2n) is 4.55. The third-order valence-electron chi connectivity index (χ3n) is 3.08. The molecule has 0 unspecified atom stereocenters. The van der Waals surface area contributed by atoms with Crippen molar-refractivity contribution in [2.75, 3.05) is 10.7 Å². The number of aryl methyl sites for hydroxylation is 2. The summed E-state index contributed by atoms with van der Waals surface area (Å²) in [5.74, 6) is 7.04. The maximum atomic E-state index is 13.6. The molecule has 0 aliphatic heterocycles. The van der Waals surface area contributed by atoms with Crippen LogP contribution in [0.15, 0.2) is 18.2 Å². The van der Waals surface area contributed by atoms with E-state index in [1.807, 2.05) is 13.8 Å². The number of aromatic nitrogens is 2. The average Bonchev–Trinajstić information content (AvgIpc) is 2.45. The first-order valence-electron chi connectivity index (χ1n) is 6.42. The fourth-order valence-corrected chi connectivity index (χ4v) is 1.79. The molecule has 6 heteroatoms. The quantitative estimate of drug-likeness (QED) is 0.591. The topological polar surface area (TPSA) is 75.9 Å². The highest BCUT2D eigenvalue weighted by Gasteiger charge is 2.10. The Balaban J connectivity index is 2.39. The van der Waals surface area contributed by atoms with Crippen molar-refractivity contribution in [1.82, 2.24) is 9.97 Å². The lowest BCUT2D eigenvalue weighted by Gasteiger charge is -2.13. The standard InChI is InChI=1S/C14H18FN5/c1-4-12-18-13(9(3)14(19-12)20-16)17-10-6-5-8(2)11(15)7-10/h5-7H,4,16H2,1-3H3,(H2,17,18,19,20). The molecule has 20 heavy (non-hydrogen) atoms. The van der Waals surface area contributed by atoms with Gasteiger partial charge in [0.1, 0.15) is 23.3 Å². The minimum atomic E-state index is -0.255. The first kappa shape index (κ1) is 14.2. The van der Waals surface area contributed by atoms with Crippen molar-refractivity contribution in [2.24, 2.45) is 5.84 Å². The van der Waals surface area contributed by atoms with Crippen LogP contribution < -0.4 is 16.6 Å². The predicted molar refractivity (Wildman–Crippen MR) is 78.4 cm³/mol. The number of nitrogens with zero attached hydrogens (tertiary/aromatic N) is 2. The van der Waals surface area contributed by atoms with Crippen LogP contribution in [0.3, 0.4) is 0 Å². The number of hydrogen-bond acceptors (Lipinski definition) is 5. The third-order valence-corrected chi connectivity index (χ3v) is 3.08. The van der Waals surface area contributed by atoms with Gasteiger partial charge in [0.05, 0.1) is 0 Å². The number of benzene rings is 1. The number of nitrogen functional groups attached to an aromatic ring is 1. The predicted octanol–water partition coefficient (Wildman–Crippen LogP) is 2.82. The fraction of sp³-hybridized carbons (Fsp3) is 0.286. The van der Waals surface area contributed by atoms with E-state index < -0.39 is 0 Å². The van der Waals surface area contributed by atoms with Crippen LogP contribution >= 0.6 is 0 Å². The summed E-state index contributed by atoms with van der Waals surface area (Å²) in [4.78, 5) is 8.69. The molecule has 2 aromatic rings. The van der Waals surface area contributed by atoms with Gasteiger partial charge in [0, 0.05) is 17.7 Å². The molecule has 106 valence electrons. The summed E-state index contributed by atoms with van der Waals surface area (Å²) in [5.41, 5.74) is 4.58. The van der Waals surface area contributed by atoms with Crippen LogP contribution in [0.4, 0.5) is 21.7 Å². The number of anilines is 3. The van der Waals surface area contributed by atoms with E-state index in [4.69, 9.17) is 5.84 Å². The molecule has 0 aliphatic rings. The van der Waals surface area contributed by atoms with Gasteiger partial charge in [-0.15, -0.1) is 0 Å². The molecule has 1 aromatic heterocycles. The zero-order valence-corrected chi connectivity index (χ0v) is 11.8. The number of nitrogens with two attached hydrogens (primary N) is 1. The molecule has 0 saturated carbocycles. The number of nitrogens with one attached hydrogen (secondary N) is 2. The maximum absolute atomic E-state index is 13.6. The van der Waals surface area contributed by atoms with Crippen molar-refractivity contribution >= 4 is 17.3 Å². The van der Waals surface area contributed by atoms with Crippen molar-refractivity contribution in [1.29, 1.82) is 0 Å². The van der Waals surface area contributed by atoms with Crippen molar-refractivity contribution in [3.63, 3.8) is 0 Å². The lowest BCUT2D eigenvalue weighted by Crippen LogP contribution is -2.13. The van der Waals surface area contributed by atoms with Crippen LogP contribution in [0.1, 0.15) is 23.9 Å². The summed E-state index contributed by atoms with van der Waals surface area (Å²) in [6.45, 7) is 5.53. The molecule has 0 saturated heterocycles. The van der Waals surface area contributed by atoms with E-state index in [9.17, 15) is 4.39 Å². The number of hydrogen-bond donors (Lipinski definition) is 3. The van der Waals surface area contributed by atoms with Crippen LogP contribution in [0.2, 0.25) is 0 Å². The van der Waals surface area contributed by atoms with Gasteiger partial charge in [-0.05, 0) is 31.5 Å². The first-order chi connectivity index (χ1) is 9.55. The Morgan fingerprint density at radius 1 is 1.20 bits per heavy atom. The van der Waals surface area contributed by atoms with Crippen LogP contribution in [-0.2, 0) is 6.42 Å². The van der Waals surface area contributed by atoms with E-state index in [0.717, 1.165) is 5.56 Å². The minimum Gasteiger partial charge on any atom is -0.340 e. The van der Waals surface area contributed by atoms with Gasteiger partial charge in [0.15, 0.2) is 0 Å². The van der Waals surface area contributed by atoms with E-state index >= 15 is 0 Å². The Labute approximate surface area is 117 Å². The summed E-state index contributed by atoms with van der Waals surface area (Å²) in [5, 5.41) is 3.10. The largest absolute Gasteiger partial charge is 0.340 e. The summed E-state index contributed by atoms with van der Waals surface area (Å²) >= 11 is 0. The SMILES string of the molecule is CCc1nc(NN)c(C)c(Nc2ccc(C)c(F)c2)n1. The van der Waals surface area contributed by atoms with Crippen LogP contribution in [0.25, 0.3) is 0 Å². The Hall–Kier alpha value is -2.21. The molecular weight excluding hydrogens is 257 g/mol.